The fraction of sp³-hybridized carbons (Fsp3) is 0.857. The van der Waals surface area contributed by atoms with Crippen molar-refractivity contribution in [1.29, 1.82) is 0 Å². The van der Waals surface area contributed by atoms with Crippen LogP contribution in [0.3, 0.4) is 0 Å². The van der Waals surface area contributed by atoms with Crippen LogP contribution in [0.1, 0.15) is 114 Å². The Balaban J connectivity index is 1.32. The van der Waals surface area contributed by atoms with Gasteiger partial charge in [-0.05, 0) is 70.9 Å². The molecule has 1 unspecified atom stereocenters. The van der Waals surface area contributed by atoms with Gasteiger partial charge in [-0.3, -0.25) is 0 Å². The molecule has 1 N–H and O–H groups in total. The minimum absolute atomic E-state index is 0.488. The molecule has 0 saturated carbocycles. The van der Waals surface area contributed by atoms with E-state index in [1.54, 1.807) is 0 Å². The number of aryl methyl sites for hydroxylation is 1. The second kappa shape index (κ2) is 13.5. The third-order valence-electron chi connectivity index (χ3n) is 7.98. The van der Waals surface area contributed by atoms with Crippen LogP contribution in [0.5, 0.6) is 0 Å². The predicted molar refractivity (Wildman–Crippen MR) is 140 cm³/mol. The molecule has 2 saturated heterocycles. The van der Waals surface area contributed by atoms with E-state index in [0.29, 0.717) is 6.04 Å². The summed E-state index contributed by atoms with van der Waals surface area (Å²) in [5.74, 6) is 2.16. The standard InChI is InChI=1S/C28H49N5/c1-2-3-4-5-6-7-12-19-32-20-15-16-24(23-32)29-28-30-26-18-11-10-17-25(26)27(31-28)33-21-13-8-9-14-22-33/h24H,2-23H2,1H3,(H,29,30,31). The van der Waals surface area contributed by atoms with E-state index in [-0.39, 0.29) is 0 Å². The van der Waals surface area contributed by atoms with Gasteiger partial charge in [0.05, 0.1) is 5.69 Å². The van der Waals surface area contributed by atoms with Gasteiger partial charge in [-0.15, -0.1) is 0 Å². The molecule has 1 aromatic heterocycles. The number of nitrogens with one attached hydrogen (secondary N) is 1. The van der Waals surface area contributed by atoms with Gasteiger partial charge in [-0.25, -0.2) is 4.98 Å². The van der Waals surface area contributed by atoms with E-state index in [1.807, 2.05) is 0 Å². The fourth-order valence-electron chi connectivity index (χ4n) is 6.03. The van der Waals surface area contributed by atoms with Crippen LogP contribution >= 0.6 is 0 Å². The van der Waals surface area contributed by atoms with Crippen LogP contribution in [-0.4, -0.2) is 53.6 Å². The molecule has 5 nitrogen and oxygen atoms in total. The first kappa shape index (κ1) is 24.8. The third kappa shape index (κ3) is 7.56. The maximum absolute atomic E-state index is 5.17. The molecule has 5 heteroatoms. The molecule has 0 aromatic carbocycles. The summed E-state index contributed by atoms with van der Waals surface area (Å²) in [6.45, 7) is 8.30. The van der Waals surface area contributed by atoms with Crippen LogP contribution in [0, 0.1) is 0 Å². The van der Waals surface area contributed by atoms with E-state index in [9.17, 15) is 0 Å². The average Bonchev–Trinajstić information content (AvgIpc) is 3.13. The highest BCUT2D eigenvalue weighted by Crippen LogP contribution is 2.31. The molecule has 186 valence electrons. The number of aromatic nitrogens is 2. The Morgan fingerprint density at radius 2 is 1.55 bits per heavy atom. The highest BCUT2D eigenvalue weighted by molar-refractivity contribution is 5.54. The first-order valence-corrected chi connectivity index (χ1v) is 14.5. The summed E-state index contributed by atoms with van der Waals surface area (Å²) in [6, 6.07) is 0.488. The lowest BCUT2D eigenvalue weighted by atomic mass is 9.96. The van der Waals surface area contributed by atoms with Crippen molar-refractivity contribution in [3.63, 3.8) is 0 Å². The summed E-state index contributed by atoms with van der Waals surface area (Å²) in [6.07, 6.45) is 22.5. The number of fused-ring (bicyclic) bond motifs is 1. The Morgan fingerprint density at radius 3 is 2.36 bits per heavy atom. The first-order chi connectivity index (χ1) is 16.3. The van der Waals surface area contributed by atoms with Crippen LogP contribution in [0.4, 0.5) is 11.8 Å². The lowest BCUT2D eigenvalue weighted by molar-refractivity contribution is 0.211. The van der Waals surface area contributed by atoms with Gasteiger partial charge in [0.25, 0.3) is 0 Å². The van der Waals surface area contributed by atoms with E-state index < -0.39 is 0 Å². The Hall–Kier alpha value is -1.36. The number of unbranched alkanes of at least 4 members (excludes halogenated alkanes) is 6. The van der Waals surface area contributed by atoms with Gasteiger partial charge in [0.2, 0.25) is 5.95 Å². The van der Waals surface area contributed by atoms with E-state index in [2.05, 4.69) is 22.0 Å². The third-order valence-corrected chi connectivity index (χ3v) is 7.98. The number of likely N-dealkylation sites (tertiary alicyclic amines) is 1. The van der Waals surface area contributed by atoms with E-state index in [1.165, 1.54) is 140 Å². The van der Waals surface area contributed by atoms with Crippen molar-refractivity contribution >= 4 is 11.8 Å². The number of anilines is 2. The average molecular weight is 456 g/mol. The van der Waals surface area contributed by atoms with Gasteiger partial charge in [-0.1, -0.05) is 58.3 Å². The van der Waals surface area contributed by atoms with Gasteiger partial charge in [-0.2, -0.15) is 4.98 Å². The smallest absolute Gasteiger partial charge is 0.225 e. The Kier molecular flexibility index (Phi) is 10.1. The maximum Gasteiger partial charge on any atom is 0.225 e. The van der Waals surface area contributed by atoms with Gasteiger partial charge in [0.1, 0.15) is 5.82 Å². The van der Waals surface area contributed by atoms with E-state index in [0.717, 1.165) is 25.3 Å². The second-order valence-electron chi connectivity index (χ2n) is 10.8. The quantitative estimate of drug-likeness (QED) is 0.393. The highest BCUT2D eigenvalue weighted by atomic mass is 15.3. The molecule has 0 radical (unpaired) electrons. The number of piperidine rings is 1. The fourth-order valence-corrected chi connectivity index (χ4v) is 6.03. The van der Waals surface area contributed by atoms with Crippen molar-refractivity contribution in [2.75, 3.05) is 42.9 Å². The van der Waals surface area contributed by atoms with Crippen molar-refractivity contribution < 1.29 is 0 Å². The van der Waals surface area contributed by atoms with E-state index in [4.69, 9.17) is 9.97 Å². The largest absolute Gasteiger partial charge is 0.356 e. The minimum atomic E-state index is 0.488. The lowest BCUT2D eigenvalue weighted by Gasteiger charge is -2.34. The SMILES string of the molecule is CCCCCCCCCN1CCCC(Nc2nc3c(c(N4CCCCCC4)n2)CCCC3)C1. The van der Waals surface area contributed by atoms with Crippen LogP contribution in [0.25, 0.3) is 0 Å². The van der Waals surface area contributed by atoms with Gasteiger partial charge in [0, 0.05) is 31.2 Å². The zero-order valence-corrected chi connectivity index (χ0v) is 21.4. The molecule has 2 aliphatic heterocycles. The molecule has 4 rings (SSSR count). The molecule has 1 aliphatic carbocycles. The maximum atomic E-state index is 5.17. The zero-order valence-electron chi connectivity index (χ0n) is 21.4. The molecule has 0 spiro atoms. The summed E-state index contributed by atoms with van der Waals surface area (Å²) in [5, 5.41) is 3.79. The molecular formula is C28H49N5. The normalized spacial score (nSPS) is 22.1. The predicted octanol–water partition coefficient (Wildman–Crippen LogP) is 6.36. The summed E-state index contributed by atoms with van der Waals surface area (Å²) in [4.78, 5) is 15.5. The van der Waals surface area contributed by atoms with Crippen molar-refractivity contribution in [2.45, 2.75) is 122 Å². The minimum Gasteiger partial charge on any atom is -0.356 e. The molecule has 1 aromatic rings. The molecule has 33 heavy (non-hydrogen) atoms. The monoisotopic (exact) mass is 455 g/mol. The number of hydrogen-bond donors (Lipinski definition) is 1. The van der Waals surface area contributed by atoms with Crippen molar-refractivity contribution in [2.24, 2.45) is 0 Å². The number of hydrogen-bond acceptors (Lipinski definition) is 5. The zero-order chi connectivity index (χ0) is 22.7. The molecular weight excluding hydrogens is 406 g/mol. The van der Waals surface area contributed by atoms with Gasteiger partial charge in [0.15, 0.2) is 0 Å². The second-order valence-corrected chi connectivity index (χ2v) is 10.8. The number of nitrogens with zero attached hydrogens (tertiary/aromatic N) is 4. The number of rotatable bonds is 11. The van der Waals surface area contributed by atoms with Crippen LogP contribution < -0.4 is 10.2 Å². The summed E-state index contributed by atoms with van der Waals surface area (Å²) >= 11 is 0. The molecule has 3 heterocycles. The van der Waals surface area contributed by atoms with Crippen LogP contribution in [0.15, 0.2) is 0 Å². The summed E-state index contributed by atoms with van der Waals surface area (Å²) in [7, 11) is 0. The van der Waals surface area contributed by atoms with Crippen molar-refractivity contribution in [3.8, 4) is 0 Å². The van der Waals surface area contributed by atoms with Gasteiger partial charge >= 0.3 is 0 Å². The lowest BCUT2D eigenvalue weighted by Crippen LogP contribution is -2.42. The van der Waals surface area contributed by atoms with E-state index >= 15 is 0 Å². The van der Waals surface area contributed by atoms with Crippen LogP contribution in [0.2, 0.25) is 0 Å². The van der Waals surface area contributed by atoms with Gasteiger partial charge < -0.3 is 15.1 Å². The topological polar surface area (TPSA) is 44.3 Å². The van der Waals surface area contributed by atoms with Crippen molar-refractivity contribution in [3.05, 3.63) is 11.3 Å². The van der Waals surface area contributed by atoms with Crippen molar-refractivity contribution in [1.82, 2.24) is 14.9 Å². The molecule has 1 atom stereocenters. The molecule has 2 fully saturated rings. The summed E-state index contributed by atoms with van der Waals surface area (Å²) in [5.41, 5.74) is 2.78. The Labute approximate surface area is 203 Å². The summed E-state index contributed by atoms with van der Waals surface area (Å²) < 4.78 is 0. The highest BCUT2D eigenvalue weighted by Gasteiger charge is 2.25. The Bertz CT molecular complexity index is 698. The Morgan fingerprint density at radius 1 is 0.788 bits per heavy atom. The molecule has 3 aliphatic rings. The molecule has 0 amide bonds. The first-order valence-electron chi connectivity index (χ1n) is 14.5. The van der Waals surface area contributed by atoms with Crippen LogP contribution in [-0.2, 0) is 12.8 Å². The molecule has 0 bridgehead atoms.